The van der Waals surface area contributed by atoms with Gasteiger partial charge in [-0.1, -0.05) is 31.4 Å². The fourth-order valence-corrected chi connectivity index (χ4v) is 4.00. The highest BCUT2D eigenvalue weighted by Gasteiger charge is 2.22. The topological polar surface area (TPSA) is 188 Å². The number of aliphatic hydroxyl groups excluding tert-OH is 1. The van der Waals surface area contributed by atoms with E-state index in [0.717, 1.165) is 12.1 Å². The van der Waals surface area contributed by atoms with Crippen molar-refractivity contribution in [2.75, 3.05) is 0 Å². The lowest BCUT2D eigenvalue weighted by molar-refractivity contribution is 0.440. The molecule has 3 aromatic rings. The van der Waals surface area contributed by atoms with Gasteiger partial charge in [0.1, 0.15) is 11.5 Å². The summed E-state index contributed by atoms with van der Waals surface area (Å²) in [5, 5.41) is 20.2. The number of hydrogen-bond donors (Lipinski definition) is 4. The summed E-state index contributed by atoms with van der Waals surface area (Å²) in [5.41, 5.74) is -0.115. The second-order valence-electron chi connectivity index (χ2n) is 6.73. The number of aromatic nitrogens is 3. The van der Waals surface area contributed by atoms with E-state index < -0.39 is 35.8 Å². The van der Waals surface area contributed by atoms with E-state index in [-0.39, 0.29) is 39.9 Å². The molecule has 0 unspecified atom stereocenters. The minimum atomic E-state index is -4.90. The van der Waals surface area contributed by atoms with E-state index in [0.29, 0.717) is 6.07 Å². The maximum Gasteiger partial charge on any atom is 0.294 e. The molecule has 0 aliphatic carbocycles. The van der Waals surface area contributed by atoms with E-state index in [4.69, 9.17) is 0 Å². The number of aliphatic hydroxyl groups is 1. The van der Waals surface area contributed by atoms with Crippen molar-refractivity contribution in [3.05, 3.63) is 79.4 Å². The number of allylic oxidation sites excluding steroid dienone is 3. The number of hydrogen-bond acceptors (Lipinski definition) is 9. The van der Waals surface area contributed by atoms with Gasteiger partial charge in [0.05, 0.1) is 20.9 Å². The molecule has 0 amide bonds. The number of para-hydroxylation sites is 1. The number of nitrogens with zero attached hydrogens (tertiary/aromatic N) is 3. The molecule has 0 fully saturated rings. The zero-order chi connectivity index (χ0) is 25.3. The molecule has 3 rings (SSSR count). The van der Waals surface area contributed by atoms with Crippen molar-refractivity contribution in [3.8, 4) is 28.5 Å². The van der Waals surface area contributed by atoms with E-state index >= 15 is 0 Å². The van der Waals surface area contributed by atoms with Gasteiger partial charge >= 0.3 is 0 Å². The number of phenols is 1. The highest BCUT2D eigenvalue weighted by Crippen LogP contribution is 2.31. The third-order valence-electron chi connectivity index (χ3n) is 4.35. The van der Waals surface area contributed by atoms with Crippen LogP contribution in [-0.2, 0) is 20.2 Å². The Labute approximate surface area is 194 Å². The minimum Gasteiger partial charge on any atom is -0.508 e. The van der Waals surface area contributed by atoms with Gasteiger partial charge in [0.15, 0.2) is 17.5 Å². The van der Waals surface area contributed by atoms with Crippen molar-refractivity contribution in [2.24, 2.45) is 0 Å². The molecule has 0 atom stereocenters. The van der Waals surface area contributed by atoms with E-state index in [1.165, 1.54) is 24.3 Å². The maximum absolute atomic E-state index is 11.7. The van der Waals surface area contributed by atoms with Crippen molar-refractivity contribution in [3.63, 3.8) is 0 Å². The van der Waals surface area contributed by atoms with Crippen LogP contribution in [0.4, 0.5) is 0 Å². The van der Waals surface area contributed by atoms with Gasteiger partial charge < -0.3 is 10.2 Å². The van der Waals surface area contributed by atoms with Crippen LogP contribution in [0.2, 0.25) is 0 Å². The zero-order valence-electron chi connectivity index (χ0n) is 17.2. The van der Waals surface area contributed by atoms with Crippen molar-refractivity contribution < 1.29 is 36.2 Å². The van der Waals surface area contributed by atoms with Crippen LogP contribution in [0.1, 0.15) is 5.82 Å². The SMILES string of the molecule is C=C/C=C(\C(=C)O)c1nc(-c2cc(S(=O)(=O)O)cc(S(=O)(=O)O)c2)nc(-c2ccccc2O)n1. The van der Waals surface area contributed by atoms with Crippen LogP contribution in [0.15, 0.2) is 83.3 Å². The molecular formula is C21H17N3O8S2. The third kappa shape index (κ3) is 5.35. The molecule has 0 radical (unpaired) electrons. The largest absolute Gasteiger partial charge is 0.508 e. The van der Waals surface area contributed by atoms with Crippen molar-refractivity contribution >= 4 is 25.8 Å². The zero-order valence-corrected chi connectivity index (χ0v) is 18.8. The number of benzene rings is 2. The second kappa shape index (κ2) is 9.15. The molecule has 0 saturated heterocycles. The summed E-state index contributed by atoms with van der Waals surface area (Å²) >= 11 is 0. The summed E-state index contributed by atoms with van der Waals surface area (Å²) in [4.78, 5) is 10.9. The Morgan fingerprint density at radius 2 is 1.44 bits per heavy atom. The monoisotopic (exact) mass is 503 g/mol. The Kier molecular flexibility index (Phi) is 6.65. The molecule has 2 aromatic carbocycles. The average molecular weight is 504 g/mol. The van der Waals surface area contributed by atoms with Gasteiger partial charge in [0.25, 0.3) is 20.2 Å². The van der Waals surface area contributed by atoms with Crippen molar-refractivity contribution in [1.29, 1.82) is 0 Å². The summed E-state index contributed by atoms with van der Waals surface area (Å²) < 4.78 is 65.7. The van der Waals surface area contributed by atoms with Gasteiger partial charge in [-0.2, -0.15) is 16.8 Å². The summed E-state index contributed by atoms with van der Waals surface area (Å²) in [6.45, 7) is 6.96. The molecule has 11 nitrogen and oxygen atoms in total. The Bertz CT molecular complexity index is 1510. The Morgan fingerprint density at radius 1 is 0.882 bits per heavy atom. The predicted octanol–water partition coefficient (Wildman–Crippen LogP) is 3.05. The first-order valence-electron chi connectivity index (χ1n) is 9.17. The van der Waals surface area contributed by atoms with Gasteiger partial charge in [-0.15, -0.1) is 0 Å². The van der Waals surface area contributed by atoms with Gasteiger partial charge in [0, 0.05) is 5.56 Å². The lowest BCUT2D eigenvalue weighted by Gasteiger charge is -2.11. The van der Waals surface area contributed by atoms with Crippen LogP contribution in [0.25, 0.3) is 28.3 Å². The average Bonchev–Trinajstić information content (AvgIpc) is 2.75. The predicted molar refractivity (Wildman–Crippen MR) is 122 cm³/mol. The summed E-state index contributed by atoms with van der Waals surface area (Å²) in [6.07, 6.45) is 2.64. The Hall–Kier alpha value is -3.91. The molecular weight excluding hydrogens is 486 g/mol. The number of aromatic hydroxyl groups is 1. The van der Waals surface area contributed by atoms with E-state index in [2.05, 4.69) is 28.1 Å². The second-order valence-corrected chi connectivity index (χ2v) is 9.57. The molecule has 13 heteroatoms. The first-order chi connectivity index (χ1) is 15.8. The minimum absolute atomic E-state index is 0.00346. The van der Waals surface area contributed by atoms with Crippen LogP contribution in [0, 0.1) is 0 Å². The Balaban J connectivity index is 2.43. The molecule has 1 heterocycles. The summed E-state index contributed by atoms with van der Waals surface area (Å²) in [6, 6.07) is 8.28. The van der Waals surface area contributed by atoms with Crippen LogP contribution in [-0.4, -0.2) is 51.1 Å². The van der Waals surface area contributed by atoms with Crippen LogP contribution < -0.4 is 0 Å². The van der Waals surface area contributed by atoms with Crippen molar-refractivity contribution in [2.45, 2.75) is 9.79 Å². The Morgan fingerprint density at radius 3 is 1.94 bits per heavy atom. The van der Waals surface area contributed by atoms with E-state index in [1.807, 2.05) is 0 Å². The molecule has 0 spiro atoms. The first kappa shape index (κ1) is 24.7. The van der Waals surface area contributed by atoms with Gasteiger partial charge in [-0.3, -0.25) is 9.11 Å². The van der Waals surface area contributed by atoms with Gasteiger partial charge in [-0.05, 0) is 36.4 Å². The lowest BCUT2D eigenvalue weighted by atomic mass is 10.1. The molecule has 34 heavy (non-hydrogen) atoms. The molecule has 4 N–H and O–H groups in total. The molecule has 176 valence electrons. The quantitative estimate of drug-likeness (QED) is 0.211. The first-order valence-corrected chi connectivity index (χ1v) is 12.1. The standard InChI is InChI=1S/C21H17N3O8S2/c1-3-6-16(12(2)25)20-22-19(23-21(24-20)17-7-4-5-8-18(17)26)13-9-14(33(27,28)29)11-15(10-13)34(30,31)32/h3-11,25-26H,1-2H2,(H,27,28,29)(H,30,31,32)/b16-6+. The fourth-order valence-electron chi connectivity index (χ4n) is 2.82. The van der Waals surface area contributed by atoms with Gasteiger partial charge in [-0.25, -0.2) is 15.0 Å². The summed E-state index contributed by atoms with van der Waals surface area (Å²) in [5.74, 6) is -1.28. The highest BCUT2D eigenvalue weighted by atomic mass is 32.2. The van der Waals surface area contributed by atoms with Crippen LogP contribution in [0.5, 0.6) is 5.75 Å². The lowest BCUT2D eigenvalue weighted by Crippen LogP contribution is -2.07. The van der Waals surface area contributed by atoms with E-state index in [9.17, 15) is 36.2 Å². The molecule has 0 aliphatic heterocycles. The van der Waals surface area contributed by atoms with Crippen LogP contribution in [0.3, 0.4) is 0 Å². The van der Waals surface area contributed by atoms with E-state index in [1.54, 1.807) is 12.1 Å². The third-order valence-corrected chi connectivity index (χ3v) is 6.01. The molecule has 0 saturated carbocycles. The molecule has 0 bridgehead atoms. The summed E-state index contributed by atoms with van der Waals surface area (Å²) in [7, 11) is -9.80. The maximum atomic E-state index is 11.7. The van der Waals surface area contributed by atoms with Crippen molar-refractivity contribution in [1.82, 2.24) is 15.0 Å². The molecule has 0 aliphatic rings. The van der Waals surface area contributed by atoms with Gasteiger partial charge in [0.2, 0.25) is 0 Å². The smallest absolute Gasteiger partial charge is 0.294 e. The highest BCUT2D eigenvalue weighted by molar-refractivity contribution is 7.86. The van der Waals surface area contributed by atoms with Crippen LogP contribution >= 0.6 is 0 Å². The number of rotatable bonds is 7. The number of phenolic OH excluding ortho intramolecular Hbond substituents is 1. The fraction of sp³-hybridized carbons (Fsp3) is 0. The normalized spacial score (nSPS) is 12.4. The molecule has 1 aromatic heterocycles.